The SMILES string of the molecule is CCCCN(C(=O)c1ccc2cc(OC)ccc2c1)c1ccc(C(=O)O)cc1. The van der Waals surface area contributed by atoms with Gasteiger partial charge in [0.15, 0.2) is 0 Å². The van der Waals surface area contributed by atoms with Crippen LogP contribution in [0.5, 0.6) is 5.75 Å². The van der Waals surface area contributed by atoms with Crippen LogP contribution in [0.4, 0.5) is 5.69 Å². The van der Waals surface area contributed by atoms with Gasteiger partial charge in [-0.1, -0.05) is 25.5 Å². The van der Waals surface area contributed by atoms with Crippen LogP contribution in [-0.2, 0) is 0 Å². The van der Waals surface area contributed by atoms with E-state index in [2.05, 4.69) is 6.92 Å². The molecule has 0 unspecified atom stereocenters. The van der Waals surface area contributed by atoms with Crippen molar-refractivity contribution in [3.05, 3.63) is 71.8 Å². The Morgan fingerprint density at radius 2 is 1.57 bits per heavy atom. The number of carboxylic acid groups (broad SMARTS) is 1. The maximum atomic E-state index is 13.2. The molecule has 0 aromatic heterocycles. The van der Waals surface area contributed by atoms with Crippen molar-refractivity contribution in [2.45, 2.75) is 19.8 Å². The predicted octanol–water partition coefficient (Wildman–Crippen LogP) is 4.99. The van der Waals surface area contributed by atoms with E-state index >= 15 is 0 Å². The number of nitrogens with zero attached hydrogens (tertiary/aromatic N) is 1. The standard InChI is InChI=1S/C23H23NO4/c1-3-4-13-24(20-10-7-16(8-11-20)23(26)27)22(25)19-6-5-18-15-21(28-2)12-9-17(18)14-19/h5-12,14-15H,3-4,13H2,1-2H3,(H,26,27). The normalized spacial score (nSPS) is 10.6. The molecule has 0 saturated heterocycles. The van der Waals surface area contributed by atoms with Gasteiger partial charge in [-0.3, -0.25) is 4.79 Å². The number of aromatic carboxylic acids is 1. The Hall–Kier alpha value is -3.34. The fourth-order valence-electron chi connectivity index (χ4n) is 3.09. The number of fused-ring (bicyclic) bond motifs is 1. The largest absolute Gasteiger partial charge is 0.497 e. The number of unbranched alkanes of at least 4 members (excludes halogenated alkanes) is 1. The van der Waals surface area contributed by atoms with Gasteiger partial charge in [0.1, 0.15) is 5.75 Å². The van der Waals surface area contributed by atoms with E-state index in [4.69, 9.17) is 9.84 Å². The highest BCUT2D eigenvalue weighted by Gasteiger charge is 2.18. The minimum Gasteiger partial charge on any atom is -0.497 e. The quantitative estimate of drug-likeness (QED) is 0.630. The van der Waals surface area contributed by atoms with Crippen molar-refractivity contribution in [3.8, 4) is 5.75 Å². The Kier molecular flexibility index (Phi) is 5.94. The van der Waals surface area contributed by atoms with Crippen molar-refractivity contribution in [3.63, 3.8) is 0 Å². The highest BCUT2D eigenvalue weighted by Crippen LogP contribution is 2.24. The molecule has 0 bridgehead atoms. The Morgan fingerprint density at radius 1 is 0.929 bits per heavy atom. The van der Waals surface area contributed by atoms with Gasteiger partial charge in [-0.15, -0.1) is 0 Å². The van der Waals surface area contributed by atoms with Gasteiger partial charge < -0.3 is 14.7 Å². The highest BCUT2D eigenvalue weighted by atomic mass is 16.5. The fourth-order valence-corrected chi connectivity index (χ4v) is 3.09. The number of amides is 1. The van der Waals surface area contributed by atoms with E-state index in [1.807, 2.05) is 36.4 Å². The van der Waals surface area contributed by atoms with Crippen LogP contribution in [-0.4, -0.2) is 30.6 Å². The molecule has 0 aliphatic heterocycles. The molecule has 3 aromatic rings. The number of rotatable bonds is 7. The Balaban J connectivity index is 1.94. The third-order valence-corrected chi connectivity index (χ3v) is 4.70. The first kappa shape index (κ1) is 19.4. The number of methoxy groups -OCH3 is 1. The monoisotopic (exact) mass is 377 g/mol. The third kappa shape index (κ3) is 4.14. The number of carboxylic acids is 1. The zero-order valence-corrected chi connectivity index (χ0v) is 16.0. The van der Waals surface area contributed by atoms with Gasteiger partial charge in [-0.2, -0.15) is 0 Å². The number of ether oxygens (including phenoxy) is 1. The van der Waals surface area contributed by atoms with E-state index in [9.17, 15) is 9.59 Å². The molecule has 1 N–H and O–H groups in total. The molecule has 28 heavy (non-hydrogen) atoms. The molecule has 0 aliphatic carbocycles. The second-order valence-corrected chi connectivity index (χ2v) is 6.59. The zero-order chi connectivity index (χ0) is 20.1. The molecule has 3 rings (SSSR count). The molecule has 5 heteroatoms. The topological polar surface area (TPSA) is 66.8 Å². The molecule has 144 valence electrons. The summed E-state index contributed by atoms with van der Waals surface area (Å²) in [5, 5.41) is 11.1. The molecular weight excluding hydrogens is 354 g/mol. The van der Waals surface area contributed by atoms with E-state index in [1.165, 1.54) is 12.1 Å². The van der Waals surface area contributed by atoms with Crippen LogP contribution < -0.4 is 9.64 Å². The molecule has 0 radical (unpaired) electrons. The van der Waals surface area contributed by atoms with E-state index < -0.39 is 5.97 Å². The summed E-state index contributed by atoms with van der Waals surface area (Å²) < 4.78 is 5.25. The molecule has 0 spiro atoms. The maximum Gasteiger partial charge on any atom is 0.335 e. The van der Waals surface area contributed by atoms with Gasteiger partial charge in [-0.25, -0.2) is 4.79 Å². The second-order valence-electron chi connectivity index (χ2n) is 6.59. The smallest absolute Gasteiger partial charge is 0.335 e. The number of anilines is 1. The van der Waals surface area contributed by atoms with Crippen LogP contribution in [0.3, 0.4) is 0 Å². The molecule has 0 atom stereocenters. The lowest BCUT2D eigenvalue weighted by molar-refractivity contribution is 0.0696. The Morgan fingerprint density at radius 3 is 2.21 bits per heavy atom. The maximum absolute atomic E-state index is 13.2. The molecule has 0 fully saturated rings. The Labute approximate surface area is 164 Å². The number of hydrogen-bond acceptors (Lipinski definition) is 3. The summed E-state index contributed by atoms with van der Waals surface area (Å²) in [7, 11) is 1.63. The summed E-state index contributed by atoms with van der Waals surface area (Å²) in [5.41, 5.74) is 1.49. The van der Waals surface area contributed by atoms with Gasteiger partial charge >= 0.3 is 5.97 Å². The van der Waals surface area contributed by atoms with Crippen molar-refractivity contribution < 1.29 is 19.4 Å². The van der Waals surface area contributed by atoms with Crippen molar-refractivity contribution in [2.24, 2.45) is 0 Å². The van der Waals surface area contributed by atoms with Crippen LogP contribution >= 0.6 is 0 Å². The molecular formula is C23H23NO4. The predicted molar refractivity (Wildman–Crippen MR) is 110 cm³/mol. The number of benzene rings is 3. The van der Waals surface area contributed by atoms with Crippen molar-refractivity contribution in [1.82, 2.24) is 0 Å². The molecule has 0 aliphatic rings. The summed E-state index contributed by atoms with van der Waals surface area (Å²) in [6.45, 7) is 2.64. The molecule has 5 nitrogen and oxygen atoms in total. The summed E-state index contributed by atoms with van der Waals surface area (Å²) >= 11 is 0. The van der Waals surface area contributed by atoms with Crippen molar-refractivity contribution in [2.75, 3.05) is 18.6 Å². The van der Waals surface area contributed by atoms with E-state index in [-0.39, 0.29) is 11.5 Å². The third-order valence-electron chi connectivity index (χ3n) is 4.70. The highest BCUT2D eigenvalue weighted by molar-refractivity contribution is 6.08. The van der Waals surface area contributed by atoms with Gasteiger partial charge in [0.25, 0.3) is 5.91 Å². The van der Waals surface area contributed by atoms with Gasteiger partial charge in [0, 0.05) is 17.8 Å². The van der Waals surface area contributed by atoms with Crippen LogP contribution in [0.25, 0.3) is 10.8 Å². The zero-order valence-electron chi connectivity index (χ0n) is 16.0. The lowest BCUT2D eigenvalue weighted by atomic mass is 10.1. The summed E-state index contributed by atoms with van der Waals surface area (Å²) in [6, 6.07) is 17.8. The molecule has 0 heterocycles. The van der Waals surface area contributed by atoms with E-state index in [0.29, 0.717) is 17.8 Å². The van der Waals surface area contributed by atoms with E-state index in [0.717, 1.165) is 29.4 Å². The Bertz CT molecular complexity index is 995. The van der Waals surface area contributed by atoms with Crippen molar-refractivity contribution in [1.29, 1.82) is 0 Å². The van der Waals surface area contributed by atoms with E-state index in [1.54, 1.807) is 24.1 Å². The lowest BCUT2D eigenvalue weighted by Crippen LogP contribution is -2.32. The summed E-state index contributed by atoms with van der Waals surface area (Å²) in [6.07, 6.45) is 1.81. The average Bonchev–Trinajstić information content (AvgIpc) is 2.73. The minimum absolute atomic E-state index is 0.103. The second kappa shape index (κ2) is 8.57. The van der Waals surface area contributed by atoms with Crippen LogP contribution in [0, 0.1) is 0 Å². The summed E-state index contributed by atoms with van der Waals surface area (Å²) in [5.74, 6) is -0.313. The fraction of sp³-hybridized carbons (Fsp3) is 0.217. The van der Waals surface area contributed by atoms with Crippen LogP contribution in [0.2, 0.25) is 0 Å². The first-order chi connectivity index (χ1) is 13.5. The molecule has 3 aromatic carbocycles. The number of carbonyl (C=O) groups is 2. The lowest BCUT2D eigenvalue weighted by Gasteiger charge is -2.23. The van der Waals surface area contributed by atoms with Crippen LogP contribution in [0.1, 0.15) is 40.5 Å². The van der Waals surface area contributed by atoms with Gasteiger partial charge in [0.2, 0.25) is 0 Å². The number of carbonyl (C=O) groups excluding carboxylic acids is 1. The first-order valence-corrected chi connectivity index (χ1v) is 9.26. The van der Waals surface area contributed by atoms with Gasteiger partial charge in [-0.05, 0) is 65.7 Å². The van der Waals surface area contributed by atoms with Crippen molar-refractivity contribution >= 4 is 28.3 Å². The first-order valence-electron chi connectivity index (χ1n) is 9.26. The molecule has 0 saturated carbocycles. The summed E-state index contributed by atoms with van der Waals surface area (Å²) in [4.78, 5) is 26.0. The van der Waals surface area contributed by atoms with Gasteiger partial charge in [0.05, 0.1) is 12.7 Å². The number of hydrogen-bond donors (Lipinski definition) is 1. The average molecular weight is 377 g/mol. The minimum atomic E-state index is -0.983. The van der Waals surface area contributed by atoms with Crippen LogP contribution in [0.15, 0.2) is 60.7 Å². The molecule has 1 amide bonds.